The standard InChI is InChI=1S/C19H26N2O3/c1-24-17-10-6-5-7-14(17)12-21-13-15(11-18(21)22)19(23)20-16-8-3-2-4-9-16/h5-7,10,15-16H,2-4,8-9,11-13H2,1H3,(H,20,23)/t15-/m0/s1. The van der Waals surface area contributed by atoms with Gasteiger partial charge in [-0.05, 0) is 18.9 Å². The third-order valence-electron chi connectivity index (χ3n) is 5.09. The summed E-state index contributed by atoms with van der Waals surface area (Å²) < 4.78 is 5.35. The van der Waals surface area contributed by atoms with Gasteiger partial charge < -0.3 is 15.0 Å². The van der Waals surface area contributed by atoms with Crippen molar-refractivity contribution in [2.45, 2.75) is 51.1 Å². The van der Waals surface area contributed by atoms with Crippen LogP contribution in [0.25, 0.3) is 0 Å². The molecule has 24 heavy (non-hydrogen) atoms. The number of hydrogen-bond acceptors (Lipinski definition) is 3. The van der Waals surface area contributed by atoms with E-state index in [1.807, 2.05) is 24.3 Å². The third kappa shape index (κ3) is 3.89. The van der Waals surface area contributed by atoms with E-state index < -0.39 is 0 Å². The van der Waals surface area contributed by atoms with Gasteiger partial charge in [-0.2, -0.15) is 0 Å². The van der Waals surface area contributed by atoms with Crippen molar-refractivity contribution in [1.29, 1.82) is 0 Å². The predicted molar refractivity (Wildman–Crippen MR) is 91.5 cm³/mol. The highest BCUT2D eigenvalue weighted by molar-refractivity contribution is 5.89. The summed E-state index contributed by atoms with van der Waals surface area (Å²) in [6.45, 7) is 0.992. The van der Waals surface area contributed by atoms with E-state index >= 15 is 0 Å². The van der Waals surface area contributed by atoms with E-state index in [1.54, 1.807) is 12.0 Å². The molecule has 1 atom stereocenters. The zero-order valence-electron chi connectivity index (χ0n) is 14.3. The van der Waals surface area contributed by atoms with Crippen molar-refractivity contribution in [2.75, 3.05) is 13.7 Å². The summed E-state index contributed by atoms with van der Waals surface area (Å²) in [4.78, 5) is 26.5. The van der Waals surface area contributed by atoms with Crippen molar-refractivity contribution in [2.24, 2.45) is 5.92 Å². The van der Waals surface area contributed by atoms with Gasteiger partial charge in [-0.3, -0.25) is 9.59 Å². The molecule has 1 heterocycles. The molecule has 1 N–H and O–H groups in total. The lowest BCUT2D eigenvalue weighted by Crippen LogP contribution is -2.40. The molecule has 0 spiro atoms. The molecule has 1 aromatic rings. The maximum absolute atomic E-state index is 12.5. The van der Waals surface area contributed by atoms with Crippen LogP contribution in [0.1, 0.15) is 44.1 Å². The van der Waals surface area contributed by atoms with E-state index in [9.17, 15) is 9.59 Å². The van der Waals surface area contributed by atoms with Crippen molar-refractivity contribution >= 4 is 11.8 Å². The van der Waals surface area contributed by atoms with Crippen molar-refractivity contribution in [3.05, 3.63) is 29.8 Å². The zero-order valence-corrected chi connectivity index (χ0v) is 14.3. The second kappa shape index (κ2) is 7.69. The monoisotopic (exact) mass is 330 g/mol. The number of rotatable bonds is 5. The quantitative estimate of drug-likeness (QED) is 0.902. The summed E-state index contributed by atoms with van der Waals surface area (Å²) in [5, 5.41) is 3.15. The summed E-state index contributed by atoms with van der Waals surface area (Å²) in [5.41, 5.74) is 0.974. The first-order valence-electron chi connectivity index (χ1n) is 8.87. The predicted octanol–water partition coefficient (Wildman–Crippen LogP) is 2.49. The SMILES string of the molecule is COc1ccccc1CN1C[C@@H](C(=O)NC2CCCCC2)CC1=O. The highest BCUT2D eigenvalue weighted by Crippen LogP contribution is 2.25. The maximum Gasteiger partial charge on any atom is 0.225 e. The molecule has 5 heteroatoms. The van der Waals surface area contributed by atoms with Crippen LogP contribution in [0, 0.1) is 5.92 Å². The Morgan fingerprint density at radius 1 is 1.25 bits per heavy atom. The van der Waals surface area contributed by atoms with Crippen LogP contribution in [-0.4, -0.2) is 36.4 Å². The Hall–Kier alpha value is -2.04. The lowest BCUT2D eigenvalue weighted by atomic mass is 9.95. The number of benzene rings is 1. The Kier molecular flexibility index (Phi) is 5.38. The normalized spacial score (nSPS) is 21.8. The molecule has 0 radical (unpaired) electrons. The van der Waals surface area contributed by atoms with E-state index in [0.717, 1.165) is 24.2 Å². The molecule has 0 aromatic heterocycles. The third-order valence-corrected chi connectivity index (χ3v) is 5.09. The van der Waals surface area contributed by atoms with E-state index in [0.29, 0.717) is 25.6 Å². The molecule has 130 valence electrons. The van der Waals surface area contributed by atoms with E-state index in [-0.39, 0.29) is 17.7 Å². The fourth-order valence-electron chi connectivity index (χ4n) is 3.71. The molecule has 2 amide bonds. The summed E-state index contributed by atoms with van der Waals surface area (Å²) in [5.74, 6) is 0.636. The Labute approximate surface area is 143 Å². The highest BCUT2D eigenvalue weighted by atomic mass is 16.5. The number of amides is 2. The number of likely N-dealkylation sites (tertiary alicyclic amines) is 1. The van der Waals surface area contributed by atoms with Crippen LogP contribution >= 0.6 is 0 Å². The topological polar surface area (TPSA) is 58.6 Å². The van der Waals surface area contributed by atoms with Gasteiger partial charge in [-0.1, -0.05) is 37.5 Å². The average molecular weight is 330 g/mol. The maximum atomic E-state index is 12.5. The summed E-state index contributed by atoms with van der Waals surface area (Å²) >= 11 is 0. The zero-order chi connectivity index (χ0) is 16.9. The Morgan fingerprint density at radius 3 is 2.75 bits per heavy atom. The molecule has 1 aliphatic heterocycles. The minimum atomic E-state index is -0.228. The molecule has 0 unspecified atom stereocenters. The fourth-order valence-corrected chi connectivity index (χ4v) is 3.71. The summed E-state index contributed by atoms with van der Waals surface area (Å²) in [6, 6.07) is 8.00. The molecular formula is C19H26N2O3. The van der Waals surface area contributed by atoms with Crippen LogP contribution in [0.2, 0.25) is 0 Å². The van der Waals surface area contributed by atoms with Gasteiger partial charge in [0.1, 0.15) is 5.75 Å². The summed E-state index contributed by atoms with van der Waals surface area (Å²) in [6.07, 6.45) is 6.09. The molecular weight excluding hydrogens is 304 g/mol. The lowest BCUT2D eigenvalue weighted by Gasteiger charge is -2.24. The fraction of sp³-hybridized carbons (Fsp3) is 0.579. The van der Waals surface area contributed by atoms with Crippen LogP contribution in [0.4, 0.5) is 0 Å². The van der Waals surface area contributed by atoms with Gasteiger partial charge in [0.05, 0.1) is 13.0 Å². The molecule has 2 aliphatic rings. The second-order valence-corrected chi connectivity index (χ2v) is 6.83. The molecule has 1 saturated carbocycles. The first kappa shape index (κ1) is 16.8. The van der Waals surface area contributed by atoms with Crippen LogP contribution in [0.15, 0.2) is 24.3 Å². The number of ether oxygens (including phenoxy) is 1. The van der Waals surface area contributed by atoms with Gasteiger partial charge >= 0.3 is 0 Å². The second-order valence-electron chi connectivity index (χ2n) is 6.83. The van der Waals surface area contributed by atoms with Gasteiger partial charge in [-0.25, -0.2) is 0 Å². The van der Waals surface area contributed by atoms with Crippen molar-refractivity contribution in [3.63, 3.8) is 0 Å². The minimum absolute atomic E-state index is 0.0396. The minimum Gasteiger partial charge on any atom is -0.496 e. The molecule has 0 bridgehead atoms. The molecule has 5 nitrogen and oxygen atoms in total. The highest BCUT2D eigenvalue weighted by Gasteiger charge is 2.35. The van der Waals surface area contributed by atoms with Crippen molar-refractivity contribution in [1.82, 2.24) is 10.2 Å². The number of nitrogens with zero attached hydrogens (tertiary/aromatic N) is 1. The van der Waals surface area contributed by atoms with Crippen LogP contribution in [0.3, 0.4) is 0 Å². The van der Waals surface area contributed by atoms with Crippen LogP contribution in [0.5, 0.6) is 5.75 Å². The van der Waals surface area contributed by atoms with Gasteiger partial charge in [0.15, 0.2) is 0 Å². The number of para-hydroxylation sites is 1. The first-order chi connectivity index (χ1) is 11.7. The van der Waals surface area contributed by atoms with Crippen molar-refractivity contribution < 1.29 is 14.3 Å². The first-order valence-corrected chi connectivity index (χ1v) is 8.87. The average Bonchev–Trinajstić information content (AvgIpc) is 2.97. The number of carbonyl (C=O) groups is 2. The van der Waals surface area contributed by atoms with Crippen LogP contribution in [-0.2, 0) is 16.1 Å². The number of methoxy groups -OCH3 is 1. The number of nitrogens with one attached hydrogen (secondary N) is 1. The van der Waals surface area contributed by atoms with Crippen LogP contribution < -0.4 is 10.1 Å². The smallest absolute Gasteiger partial charge is 0.225 e. The molecule has 2 fully saturated rings. The number of carbonyl (C=O) groups excluding carboxylic acids is 2. The summed E-state index contributed by atoms with van der Waals surface area (Å²) in [7, 11) is 1.63. The van der Waals surface area contributed by atoms with E-state index in [1.165, 1.54) is 19.3 Å². The van der Waals surface area contributed by atoms with Gasteiger partial charge in [-0.15, -0.1) is 0 Å². The molecule has 3 rings (SSSR count). The molecule has 1 saturated heterocycles. The number of hydrogen-bond donors (Lipinski definition) is 1. The van der Waals surface area contributed by atoms with Gasteiger partial charge in [0.25, 0.3) is 0 Å². The Morgan fingerprint density at radius 2 is 2.00 bits per heavy atom. The molecule has 1 aliphatic carbocycles. The largest absolute Gasteiger partial charge is 0.496 e. The Balaban J connectivity index is 1.57. The van der Waals surface area contributed by atoms with E-state index in [2.05, 4.69) is 5.32 Å². The van der Waals surface area contributed by atoms with Gasteiger partial charge in [0.2, 0.25) is 11.8 Å². The van der Waals surface area contributed by atoms with Gasteiger partial charge in [0, 0.05) is 31.1 Å². The van der Waals surface area contributed by atoms with Crippen molar-refractivity contribution in [3.8, 4) is 5.75 Å². The lowest BCUT2D eigenvalue weighted by molar-refractivity contribution is -0.129. The Bertz CT molecular complexity index is 596. The molecule has 1 aromatic carbocycles. The van der Waals surface area contributed by atoms with E-state index in [4.69, 9.17) is 4.74 Å².